The van der Waals surface area contributed by atoms with Gasteiger partial charge in [-0.25, -0.2) is 0 Å². The Morgan fingerprint density at radius 1 is 0.982 bits per heavy atom. The van der Waals surface area contributed by atoms with Gasteiger partial charge in [0.25, 0.3) is 11.8 Å². The largest absolute Gasteiger partial charge is 0.469 e. The number of carbonyl (C=O) groups is 3. The van der Waals surface area contributed by atoms with Gasteiger partial charge in [-0.05, 0) is 73.6 Å². The fraction of sp³-hybridized carbons (Fsp3) is 0.372. The van der Waals surface area contributed by atoms with E-state index in [1.165, 1.54) is 7.11 Å². The van der Waals surface area contributed by atoms with E-state index in [0.29, 0.717) is 60.5 Å². The molecule has 0 aliphatic carbocycles. The normalized spacial score (nSPS) is 22.1. The standard InChI is InChI=1S/C43H47N5O7Si/c1-27-40(56(3,4)53)37(21-23-46-25-34(44-45-46)32(26-49)28-12-6-5-7-13-28)55-43(27)33-24-30(19-20-35(33)47(42(43)52)22-9-8-18-38(50)54-2)48-36-17-11-15-29-14-10-16-31(39(29)36)41(48)51/h5-7,10-17,19-20,24-25,27,32,37,40,49,53H,8-9,18,21-23,26H2,1-4H3/t27-,32?,37+,40-,43+/m0/s1. The quantitative estimate of drug-likeness (QED) is 0.0786. The number of esters is 1. The molecule has 1 spiro atoms. The molecule has 0 saturated carbocycles. The third-order valence-corrected chi connectivity index (χ3v) is 14.5. The van der Waals surface area contributed by atoms with Crippen molar-refractivity contribution in [3.05, 3.63) is 114 Å². The average Bonchev–Trinajstić information content (AvgIpc) is 3.92. The number of amides is 2. The van der Waals surface area contributed by atoms with E-state index < -0.39 is 25.9 Å². The number of hydrogen-bond donors (Lipinski definition) is 2. The minimum absolute atomic E-state index is 0.117. The Morgan fingerprint density at radius 2 is 1.75 bits per heavy atom. The molecule has 8 rings (SSSR count). The highest BCUT2D eigenvalue weighted by Crippen LogP contribution is 2.60. The van der Waals surface area contributed by atoms with Crippen molar-refractivity contribution >= 4 is 53.9 Å². The Labute approximate surface area is 326 Å². The van der Waals surface area contributed by atoms with E-state index >= 15 is 4.79 Å². The Balaban J connectivity index is 1.15. The lowest BCUT2D eigenvalue weighted by Gasteiger charge is -2.32. The van der Waals surface area contributed by atoms with Gasteiger partial charge in [-0.3, -0.25) is 24.0 Å². The number of hydrogen-bond acceptors (Lipinski definition) is 9. The van der Waals surface area contributed by atoms with Gasteiger partial charge >= 0.3 is 5.97 Å². The van der Waals surface area contributed by atoms with Crippen molar-refractivity contribution in [2.45, 2.75) is 75.4 Å². The zero-order chi connectivity index (χ0) is 39.4. The van der Waals surface area contributed by atoms with Crippen LogP contribution in [-0.4, -0.2) is 77.4 Å². The summed E-state index contributed by atoms with van der Waals surface area (Å²) in [6, 6.07) is 27.0. The summed E-state index contributed by atoms with van der Waals surface area (Å²) in [5.74, 6) is -1.40. The van der Waals surface area contributed by atoms with Crippen LogP contribution in [0.2, 0.25) is 18.6 Å². The molecule has 4 aromatic carbocycles. The van der Waals surface area contributed by atoms with Crippen LogP contribution in [0.5, 0.6) is 0 Å². The second-order valence-corrected chi connectivity index (χ2v) is 19.7. The van der Waals surface area contributed by atoms with Gasteiger partial charge in [0.05, 0.1) is 48.4 Å². The van der Waals surface area contributed by atoms with Crippen LogP contribution in [0, 0.1) is 5.92 Å². The number of methoxy groups -OCH3 is 1. The molecular formula is C43H47N5O7Si. The maximum absolute atomic E-state index is 15.1. The molecule has 3 aliphatic rings. The molecule has 0 radical (unpaired) electrons. The number of unbranched alkanes of at least 4 members (excludes halogenated alkanes) is 1. The maximum Gasteiger partial charge on any atom is 0.305 e. The lowest BCUT2D eigenvalue weighted by Crippen LogP contribution is -2.46. The molecule has 3 aliphatic heterocycles. The van der Waals surface area contributed by atoms with Crippen LogP contribution in [0.25, 0.3) is 10.8 Å². The van der Waals surface area contributed by atoms with E-state index in [9.17, 15) is 19.5 Å². The van der Waals surface area contributed by atoms with Crippen LogP contribution in [-0.2, 0) is 31.2 Å². The highest BCUT2D eigenvalue weighted by Gasteiger charge is 2.66. The number of aliphatic hydroxyl groups is 1. The number of carbonyl (C=O) groups excluding carboxylic acids is 3. The summed E-state index contributed by atoms with van der Waals surface area (Å²) >= 11 is 0. The fourth-order valence-corrected chi connectivity index (χ4v) is 12.0. The summed E-state index contributed by atoms with van der Waals surface area (Å²) in [4.78, 5) is 56.4. The first-order chi connectivity index (χ1) is 27.0. The lowest BCUT2D eigenvalue weighted by atomic mass is 9.82. The number of aliphatic hydroxyl groups excluding tert-OH is 1. The summed E-state index contributed by atoms with van der Waals surface area (Å²) in [5.41, 5.74) is 3.22. The van der Waals surface area contributed by atoms with E-state index in [0.717, 1.165) is 22.0 Å². The van der Waals surface area contributed by atoms with Gasteiger partial charge in [0.2, 0.25) is 0 Å². The second-order valence-electron chi connectivity index (χ2n) is 15.7. The minimum atomic E-state index is -2.98. The number of nitrogens with zero attached hydrogens (tertiary/aromatic N) is 5. The maximum atomic E-state index is 15.1. The van der Waals surface area contributed by atoms with Crippen molar-refractivity contribution in [2.75, 3.05) is 30.1 Å². The van der Waals surface area contributed by atoms with Crippen molar-refractivity contribution in [1.29, 1.82) is 0 Å². The van der Waals surface area contributed by atoms with Crippen molar-refractivity contribution in [3.8, 4) is 0 Å². The number of benzene rings is 4. The molecule has 56 heavy (non-hydrogen) atoms. The Morgan fingerprint density at radius 3 is 2.48 bits per heavy atom. The third-order valence-electron chi connectivity index (χ3n) is 12.0. The van der Waals surface area contributed by atoms with Crippen molar-refractivity contribution < 1.29 is 33.8 Å². The van der Waals surface area contributed by atoms with Gasteiger partial charge in [0.1, 0.15) is 0 Å². The predicted molar refractivity (Wildman–Crippen MR) is 214 cm³/mol. The number of anilines is 3. The van der Waals surface area contributed by atoms with E-state index in [1.807, 2.05) is 111 Å². The molecule has 1 saturated heterocycles. The van der Waals surface area contributed by atoms with Crippen molar-refractivity contribution in [3.63, 3.8) is 0 Å². The van der Waals surface area contributed by atoms with Gasteiger partial charge in [0, 0.05) is 53.8 Å². The predicted octanol–water partition coefficient (Wildman–Crippen LogP) is 6.43. The number of aromatic nitrogens is 3. The summed E-state index contributed by atoms with van der Waals surface area (Å²) in [5, 5.41) is 20.9. The monoisotopic (exact) mass is 773 g/mol. The number of aryl methyl sites for hydroxylation is 1. The summed E-state index contributed by atoms with van der Waals surface area (Å²) in [6.45, 7) is 6.44. The molecule has 1 fully saturated rings. The van der Waals surface area contributed by atoms with E-state index in [1.54, 1.807) is 14.5 Å². The number of rotatable bonds is 13. The van der Waals surface area contributed by atoms with E-state index in [4.69, 9.17) is 9.47 Å². The first-order valence-electron chi connectivity index (χ1n) is 19.3. The molecule has 4 heterocycles. The van der Waals surface area contributed by atoms with Crippen LogP contribution < -0.4 is 9.80 Å². The average molecular weight is 774 g/mol. The minimum Gasteiger partial charge on any atom is -0.469 e. The fourth-order valence-electron chi connectivity index (χ4n) is 9.41. The van der Waals surface area contributed by atoms with Crippen molar-refractivity contribution in [1.82, 2.24) is 15.0 Å². The summed E-state index contributed by atoms with van der Waals surface area (Å²) in [6.07, 6.45) is 3.14. The van der Waals surface area contributed by atoms with Gasteiger partial charge < -0.3 is 24.3 Å². The Hall–Kier alpha value is -5.21. The van der Waals surface area contributed by atoms with Crippen LogP contribution in [0.3, 0.4) is 0 Å². The van der Waals surface area contributed by atoms with Crippen LogP contribution in [0.4, 0.5) is 17.1 Å². The first kappa shape index (κ1) is 37.7. The highest BCUT2D eigenvalue weighted by atomic mass is 28.4. The molecule has 13 heteroatoms. The molecule has 1 unspecified atom stereocenters. The lowest BCUT2D eigenvalue weighted by molar-refractivity contribution is -0.146. The molecule has 0 bridgehead atoms. The third kappa shape index (κ3) is 6.22. The molecule has 5 aromatic rings. The number of ether oxygens (including phenoxy) is 2. The SMILES string of the molecule is COC(=O)CCCCN1C(=O)[C@]2(O[C@H](CCn3cc(C(CO)c4ccccc4)nn3)[C@@H]([Si](C)(C)O)[C@@H]2C)c2cc(N3C(=O)c4cccc5cccc3c45)ccc21. The zero-order valence-electron chi connectivity index (χ0n) is 32.1. The van der Waals surface area contributed by atoms with Crippen LogP contribution in [0.1, 0.15) is 65.7 Å². The summed E-state index contributed by atoms with van der Waals surface area (Å²) in [7, 11) is -1.62. The van der Waals surface area contributed by atoms with E-state index in [-0.39, 0.29) is 42.3 Å². The van der Waals surface area contributed by atoms with Crippen LogP contribution in [0.15, 0.2) is 91.1 Å². The highest BCUT2D eigenvalue weighted by molar-refractivity contribution is 6.71. The van der Waals surface area contributed by atoms with Gasteiger partial charge in [-0.15, -0.1) is 5.10 Å². The van der Waals surface area contributed by atoms with Gasteiger partial charge in [-0.2, -0.15) is 0 Å². The van der Waals surface area contributed by atoms with Crippen LogP contribution >= 0.6 is 0 Å². The molecule has 12 nitrogen and oxygen atoms in total. The van der Waals surface area contributed by atoms with E-state index in [2.05, 4.69) is 10.3 Å². The molecule has 2 N–H and O–H groups in total. The molecule has 5 atom stereocenters. The Kier molecular flexibility index (Phi) is 9.90. The second kappa shape index (κ2) is 14.7. The smallest absolute Gasteiger partial charge is 0.305 e. The first-order valence-corrected chi connectivity index (χ1v) is 22.4. The van der Waals surface area contributed by atoms with Gasteiger partial charge in [-0.1, -0.05) is 66.7 Å². The zero-order valence-corrected chi connectivity index (χ0v) is 33.1. The Bertz CT molecular complexity index is 2300. The number of fused-ring (bicyclic) bond motifs is 2. The topological polar surface area (TPSA) is 147 Å². The molecule has 290 valence electrons. The molecule has 2 amide bonds. The summed E-state index contributed by atoms with van der Waals surface area (Å²) < 4.78 is 13.7. The molecule has 1 aromatic heterocycles. The molecular weight excluding hydrogens is 727 g/mol. The van der Waals surface area contributed by atoms with Gasteiger partial charge in [0.15, 0.2) is 13.9 Å². The van der Waals surface area contributed by atoms with Crippen molar-refractivity contribution in [2.24, 2.45) is 5.92 Å².